The van der Waals surface area contributed by atoms with E-state index in [4.69, 9.17) is 11.6 Å². The van der Waals surface area contributed by atoms with Crippen molar-refractivity contribution in [2.24, 2.45) is 0 Å². The molecule has 0 spiro atoms. The molecule has 3 rings (SSSR count). The van der Waals surface area contributed by atoms with Crippen LogP contribution < -0.4 is 9.80 Å². The SMILES string of the molecule is Cc1nc(Cl)c(C=O)c(N2CCN(C)c3ccccc32)n1. The van der Waals surface area contributed by atoms with Gasteiger partial charge in [-0.05, 0) is 19.1 Å². The van der Waals surface area contributed by atoms with E-state index in [1.165, 1.54) is 0 Å². The van der Waals surface area contributed by atoms with Gasteiger partial charge in [0.2, 0.25) is 0 Å². The maximum atomic E-state index is 11.4. The van der Waals surface area contributed by atoms with Crippen LogP contribution in [0.25, 0.3) is 0 Å². The van der Waals surface area contributed by atoms with Gasteiger partial charge >= 0.3 is 0 Å². The average molecular weight is 303 g/mol. The highest BCUT2D eigenvalue weighted by atomic mass is 35.5. The molecule has 0 bridgehead atoms. The molecule has 5 nitrogen and oxygen atoms in total. The van der Waals surface area contributed by atoms with Crippen LogP contribution >= 0.6 is 11.6 Å². The zero-order valence-corrected chi connectivity index (χ0v) is 12.6. The van der Waals surface area contributed by atoms with Crippen molar-refractivity contribution in [1.29, 1.82) is 0 Å². The molecule has 0 fully saturated rings. The number of fused-ring (bicyclic) bond motifs is 1. The third-order valence-electron chi connectivity index (χ3n) is 3.61. The average Bonchev–Trinajstić information content (AvgIpc) is 2.47. The van der Waals surface area contributed by atoms with Crippen molar-refractivity contribution in [3.05, 3.63) is 40.8 Å². The molecule has 1 aliphatic rings. The van der Waals surface area contributed by atoms with E-state index in [-0.39, 0.29) is 5.15 Å². The van der Waals surface area contributed by atoms with Crippen LogP contribution in [0, 0.1) is 6.92 Å². The van der Waals surface area contributed by atoms with E-state index in [0.29, 0.717) is 17.2 Å². The Morgan fingerprint density at radius 1 is 1.19 bits per heavy atom. The molecule has 0 atom stereocenters. The Hall–Kier alpha value is -2.14. The number of carbonyl (C=O) groups is 1. The second kappa shape index (κ2) is 5.33. The Labute approximate surface area is 128 Å². The molecule has 0 radical (unpaired) electrons. The van der Waals surface area contributed by atoms with Gasteiger partial charge in [0.25, 0.3) is 0 Å². The fraction of sp³-hybridized carbons (Fsp3) is 0.267. The highest BCUT2D eigenvalue weighted by molar-refractivity contribution is 6.32. The van der Waals surface area contributed by atoms with Crippen molar-refractivity contribution in [2.75, 3.05) is 29.9 Å². The molecule has 108 valence electrons. The Bertz CT molecular complexity index is 704. The van der Waals surface area contributed by atoms with Crippen molar-refractivity contribution in [3.63, 3.8) is 0 Å². The summed E-state index contributed by atoms with van der Waals surface area (Å²) in [5, 5.41) is 0.198. The molecule has 6 heteroatoms. The van der Waals surface area contributed by atoms with E-state index >= 15 is 0 Å². The van der Waals surface area contributed by atoms with Crippen molar-refractivity contribution < 1.29 is 4.79 Å². The van der Waals surface area contributed by atoms with Crippen LogP contribution in [0.15, 0.2) is 24.3 Å². The summed E-state index contributed by atoms with van der Waals surface area (Å²) in [4.78, 5) is 24.1. The molecule has 21 heavy (non-hydrogen) atoms. The van der Waals surface area contributed by atoms with E-state index in [0.717, 1.165) is 30.8 Å². The van der Waals surface area contributed by atoms with Crippen molar-refractivity contribution >= 4 is 35.1 Å². The lowest BCUT2D eigenvalue weighted by atomic mass is 10.1. The van der Waals surface area contributed by atoms with E-state index < -0.39 is 0 Å². The number of hydrogen-bond donors (Lipinski definition) is 0. The number of rotatable bonds is 2. The number of aldehydes is 1. The third-order valence-corrected chi connectivity index (χ3v) is 3.90. The molecule has 1 aromatic heterocycles. The topological polar surface area (TPSA) is 49.3 Å². The fourth-order valence-corrected chi connectivity index (χ4v) is 2.82. The monoisotopic (exact) mass is 302 g/mol. The van der Waals surface area contributed by atoms with Gasteiger partial charge in [-0.25, -0.2) is 9.97 Å². The summed E-state index contributed by atoms with van der Waals surface area (Å²) in [5.41, 5.74) is 2.46. The number of halogens is 1. The number of hydrogen-bond acceptors (Lipinski definition) is 5. The summed E-state index contributed by atoms with van der Waals surface area (Å²) < 4.78 is 0. The molecular formula is C15H15ClN4O. The van der Waals surface area contributed by atoms with Gasteiger partial charge in [-0.2, -0.15) is 0 Å². The van der Waals surface area contributed by atoms with E-state index in [9.17, 15) is 4.79 Å². The first kappa shape index (κ1) is 13.8. The Balaban J connectivity index is 2.18. The second-order valence-corrected chi connectivity index (χ2v) is 5.34. The molecule has 0 amide bonds. The summed E-state index contributed by atoms with van der Waals surface area (Å²) in [5.74, 6) is 1.13. The van der Waals surface area contributed by atoms with Crippen molar-refractivity contribution in [1.82, 2.24) is 9.97 Å². The minimum Gasteiger partial charge on any atom is -0.371 e. The van der Waals surface area contributed by atoms with Gasteiger partial charge in [0.05, 0.1) is 16.9 Å². The Kier molecular flexibility index (Phi) is 3.51. The molecule has 0 aliphatic carbocycles. The van der Waals surface area contributed by atoms with Crippen LogP contribution in [-0.4, -0.2) is 36.4 Å². The highest BCUT2D eigenvalue weighted by Crippen LogP contribution is 2.37. The minimum absolute atomic E-state index is 0.198. The van der Waals surface area contributed by atoms with Gasteiger partial charge in [-0.15, -0.1) is 0 Å². The molecule has 0 saturated heterocycles. The summed E-state index contributed by atoms with van der Waals surface area (Å²) in [6, 6.07) is 8.04. The highest BCUT2D eigenvalue weighted by Gasteiger charge is 2.25. The number of para-hydroxylation sites is 2. The molecule has 1 aromatic carbocycles. The van der Waals surface area contributed by atoms with Gasteiger partial charge in [-0.3, -0.25) is 4.79 Å². The van der Waals surface area contributed by atoms with Gasteiger partial charge in [0, 0.05) is 20.1 Å². The number of aromatic nitrogens is 2. The normalized spacial score (nSPS) is 14.0. The quantitative estimate of drug-likeness (QED) is 0.630. The van der Waals surface area contributed by atoms with E-state index in [1.807, 2.05) is 23.1 Å². The Morgan fingerprint density at radius 2 is 1.90 bits per heavy atom. The largest absolute Gasteiger partial charge is 0.371 e. The summed E-state index contributed by atoms with van der Waals surface area (Å²) in [6.07, 6.45) is 0.720. The van der Waals surface area contributed by atoms with Gasteiger partial charge in [0.1, 0.15) is 16.8 Å². The van der Waals surface area contributed by atoms with Gasteiger partial charge in [-0.1, -0.05) is 23.7 Å². The molecule has 1 aliphatic heterocycles. The van der Waals surface area contributed by atoms with Crippen molar-refractivity contribution in [3.8, 4) is 0 Å². The molecule has 0 N–H and O–H groups in total. The molecular weight excluding hydrogens is 288 g/mol. The lowest BCUT2D eigenvalue weighted by Crippen LogP contribution is -2.37. The maximum absolute atomic E-state index is 11.4. The summed E-state index contributed by atoms with van der Waals surface area (Å²) >= 11 is 6.09. The minimum atomic E-state index is 0.198. The fourth-order valence-electron chi connectivity index (χ4n) is 2.57. The molecule has 2 aromatic rings. The predicted molar refractivity (Wildman–Crippen MR) is 83.9 cm³/mol. The number of likely N-dealkylation sites (N-methyl/N-ethyl adjacent to an activating group) is 1. The molecule has 0 unspecified atom stereocenters. The van der Waals surface area contributed by atoms with E-state index in [1.54, 1.807) is 6.92 Å². The van der Waals surface area contributed by atoms with Crippen LogP contribution in [0.1, 0.15) is 16.2 Å². The molecule has 2 heterocycles. The summed E-state index contributed by atoms with van der Waals surface area (Å²) in [7, 11) is 2.05. The second-order valence-electron chi connectivity index (χ2n) is 4.98. The predicted octanol–water partition coefficient (Wildman–Crippen LogP) is 2.84. The third kappa shape index (κ3) is 2.34. The number of aryl methyl sites for hydroxylation is 1. The lowest BCUT2D eigenvalue weighted by Gasteiger charge is -2.36. The smallest absolute Gasteiger partial charge is 0.156 e. The molecule has 0 saturated carbocycles. The van der Waals surface area contributed by atoms with Crippen LogP contribution in [0.5, 0.6) is 0 Å². The van der Waals surface area contributed by atoms with Crippen LogP contribution in [-0.2, 0) is 0 Å². The van der Waals surface area contributed by atoms with Crippen molar-refractivity contribution in [2.45, 2.75) is 6.92 Å². The van der Waals surface area contributed by atoms with Crippen LogP contribution in [0.2, 0.25) is 5.15 Å². The van der Waals surface area contributed by atoms with Gasteiger partial charge in [0.15, 0.2) is 6.29 Å². The zero-order chi connectivity index (χ0) is 15.0. The van der Waals surface area contributed by atoms with Crippen LogP contribution in [0.3, 0.4) is 0 Å². The standard InChI is InChI=1S/C15H15ClN4O/c1-10-17-14(16)11(9-21)15(18-10)20-8-7-19(2)12-5-3-4-6-13(12)20/h3-6,9H,7-8H2,1-2H3. The number of nitrogens with zero attached hydrogens (tertiary/aromatic N) is 4. The summed E-state index contributed by atoms with van der Waals surface area (Å²) in [6.45, 7) is 3.35. The zero-order valence-electron chi connectivity index (χ0n) is 11.9. The number of benzene rings is 1. The number of anilines is 3. The number of carbonyl (C=O) groups excluding carboxylic acids is 1. The van der Waals surface area contributed by atoms with E-state index in [2.05, 4.69) is 28.0 Å². The first-order valence-corrected chi connectivity index (χ1v) is 7.06. The van der Waals surface area contributed by atoms with Gasteiger partial charge < -0.3 is 9.80 Å². The van der Waals surface area contributed by atoms with Crippen LogP contribution in [0.4, 0.5) is 17.2 Å². The first-order chi connectivity index (χ1) is 10.1. The lowest BCUT2D eigenvalue weighted by molar-refractivity contribution is 0.112. The first-order valence-electron chi connectivity index (χ1n) is 6.69. The Morgan fingerprint density at radius 3 is 2.62 bits per heavy atom. The maximum Gasteiger partial charge on any atom is 0.156 e.